The van der Waals surface area contributed by atoms with Gasteiger partial charge in [-0.3, -0.25) is 4.98 Å². The molecule has 2 heterocycles. The van der Waals surface area contributed by atoms with Crippen LogP contribution in [0.2, 0.25) is 0 Å². The van der Waals surface area contributed by atoms with E-state index in [4.69, 9.17) is 0 Å². The summed E-state index contributed by atoms with van der Waals surface area (Å²) in [5.74, 6) is 0. The molecule has 0 spiro atoms. The molecular formula is C11H13N3. The predicted octanol–water partition coefficient (Wildman–Crippen LogP) is 2.33. The zero-order valence-electron chi connectivity index (χ0n) is 8.12. The first-order valence-electron chi connectivity index (χ1n) is 4.62. The summed E-state index contributed by atoms with van der Waals surface area (Å²) in [7, 11) is 0. The SMILES string of the molecule is Cc1cncc(NCc2ccc[nH]2)c1. The van der Waals surface area contributed by atoms with Gasteiger partial charge in [0.15, 0.2) is 0 Å². The maximum Gasteiger partial charge on any atom is 0.0551 e. The highest BCUT2D eigenvalue weighted by molar-refractivity contribution is 5.42. The fourth-order valence-electron chi connectivity index (χ4n) is 1.33. The Morgan fingerprint density at radius 3 is 3.07 bits per heavy atom. The van der Waals surface area contributed by atoms with Gasteiger partial charge in [0.05, 0.1) is 12.2 Å². The van der Waals surface area contributed by atoms with Crippen molar-refractivity contribution in [1.82, 2.24) is 9.97 Å². The number of pyridine rings is 1. The molecule has 0 aliphatic heterocycles. The van der Waals surface area contributed by atoms with Crippen LogP contribution in [0.3, 0.4) is 0 Å². The third kappa shape index (κ3) is 2.13. The predicted molar refractivity (Wildman–Crippen MR) is 57.1 cm³/mol. The molecule has 2 aromatic rings. The number of hydrogen-bond acceptors (Lipinski definition) is 2. The standard InChI is InChI=1S/C11H13N3/c1-9-5-11(7-12-6-9)14-8-10-3-2-4-13-10/h2-7,13-14H,8H2,1H3. The minimum absolute atomic E-state index is 0.804. The minimum Gasteiger partial charge on any atom is -0.378 e. The lowest BCUT2D eigenvalue weighted by atomic mass is 10.3. The van der Waals surface area contributed by atoms with Crippen LogP contribution >= 0.6 is 0 Å². The molecule has 2 rings (SSSR count). The van der Waals surface area contributed by atoms with Crippen molar-refractivity contribution in [3.63, 3.8) is 0 Å². The van der Waals surface area contributed by atoms with Crippen molar-refractivity contribution in [3.05, 3.63) is 48.0 Å². The van der Waals surface area contributed by atoms with Gasteiger partial charge in [-0.15, -0.1) is 0 Å². The number of aromatic nitrogens is 2. The average molecular weight is 187 g/mol. The van der Waals surface area contributed by atoms with Gasteiger partial charge in [0.2, 0.25) is 0 Å². The Morgan fingerprint density at radius 2 is 2.36 bits per heavy atom. The van der Waals surface area contributed by atoms with E-state index in [2.05, 4.69) is 27.4 Å². The van der Waals surface area contributed by atoms with Gasteiger partial charge in [0, 0.05) is 24.3 Å². The number of anilines is 1. The smallest absolute Gasteiger partial charge is 0.0551 e. The highest BCUT2D eigenvalue weighted by Crippen LogP contribution is 2.08. The van der Waals surface area contributed by atoms with Crippen LogP contribution in [0, 0.1) is 6.92 Å². The lowest BCUT2D eigenvalue weighted by Crippen LogP contribution is -1.99. The van der Waals surface area contributed by atoms with Crippen LogP contribution in [0.4, 0.5) is 5.69 Å². The summed E-state index contributed by atoms with van der Waals surface area (Å²) in [5, 5.41) is 3.29. The molecule has 3 nitrogen and oxygen atoms in total. The van der Waals surface area contributed by atoms with E-state index in [1.54, 1.807) is 0 Å². The van der Waals surface area contributed by atoms with Crippen LogP contribution in [-0.4, -0.2) is 9.97 Å². The number of H-pyrrole nitrogens is 1. The third-order valence-corrected chi connectivity index (χ3v) is 2.02. The second kappa shape index (κ2) is 3.96. The molecular weight excluding hydrogens is 174 g/mol. The molecule has 0 aromatic carbocycles. The second-order valence-corrected chi connectivity index (χ2v) is 3.30. The van der Waals surface area contributed by atoms with Gasteiger partial charge in [0.1, 0.15) is 0 Å². The lowest BCUT2D eigenvalue weighted by molar-refractivity contribution is 1.07. The highest BCUT2D eigenvalue weighted by Gasteiger charge is 1.94. The summed E-state index contributed by atoms with van der Waals surface area (Å²) < 4.78 is 0. The van der Waals surface area contributed by atoms with Gasteiger partial charge in [-0.2, -0.15) is 0 Å². The van der Waals surface area contributed by atoms with Crippen molar-refractivity contribution in [1.29, 1.82) is 0 Å². The number of hydrogen-bond donors (Lipinski definition) is 2. The number of aromatic amines is 1. The molecule has 0 amide bonds. The van der Waals surface area contributed by atoms with Gasteiger partial charge >= 0.3 is 0 Å². The molecule has 14 heavy (non-hydrogen) atoms. The van der Waals surface area contributed by atoms with E-state index in [1.165, 1.54) is 11.3 Å². The van der Waals surface area contributed by atoms with Gasteiger partial charge in [-0.05, 0) is 30.7 Å². The van der Waals surface area contributed by atoms with Gasteiger partial charge < -0.3 is 10.3 Å². The summed E-state index contributed by atoms with van der Waals surface area (Å²) in [6.45, 7) is 2.84. The first-order valence-corrected chi connectivity index (χ1v) is 4.62. The van der Waals surface area contributed by atoms with Crippen molar-refractivity contribution in [2.24, 2.45) is 0 Å². The topological polar surface area (TPSA) is 40.7 Å². The van der Waals surface area contributed by atoms with Crippen molar-refractivity contribution >= 4 is 5.69 Å². The molecule has 2 N–H and O–H groups in total. The van der Waals surface area contributed by atoms with E-state index in [-0.39, 0.29) is 0 Å². The molecule has 0 saturated carbocycles. The molecule has 0 bridgehead atoms. The maximum atomic E-state index is 4.11. The molecule has 0 fully saturated rings. The van der Waals surface area contributed by atoms with E-state index in [1.807, 2.05) is 31.6 Å². The first kappa shape index (κ1) is 8.81. The van der Waals surface area contributed by atoms with Crippen molar-refractivity contribution < 1.29 is 0 Å². The molecule has 0 atom stereocenters. The van der Waals surface area contributed by atoms with E-state index in [0.717, 1.165) is 12.2 Å². The molecule has 3 heteroatoms. The Hall–Kier alpha value is -1.77. The molecule has 0 saturated heterocycles. The van der Waals surface area contributed by atoms with Crippen LogP contribution in [0.1, 0.15) is 11.3 Å². The van der Waals surface area contributed by atoms with E-state index < -0.39 is 0 Å². The normalized spacial score (nSPS) is 10.1. The summed E-state index contributed by atoms with van der Waals surface area (Å²) >= 11 is 0. The maximum absolute atomic E-state index is 4.11. The van der Waals surface area contributed by atoms with Crippen molar-refractivity contribution in [2.45, 2.75) is 13.5 Å². The fourth-order valence-corrected chi connectivity index (χ4v) is 1.33. The minimum atomic E-state index is 0.804. The zero-order chi connectivity index (χ0) is 9.80. The number of aryl methyl sites for hydroxylation is 1. The van der Waals surface area contributed by atoms with Crippen LogP contribution in [0.15, 0.2) is 36.8 Å². The largest absolute Gasteiger partial charge is 0.378 e. The number of nitrogens with zero attached hydrogens (tertiary/aromatic N) is 1. The Labute approximate surface area is 83.2 Å². The Bertz CT molecular complexity index is 393. The molecule has 72 valence electrons. The van der Waals surface area contributed by atoms with Gasteiger partial charge in [0.25, 0.3) is 0 Å². The molecule has 0 aliphatic carbocycles. The Kier molecular flexibility index (Phi) is 2.49. The summed E-state index contributed by atoms with van der Waals surface area (Å²) in [5.41, 5.74) is 3.40. The number of nitrogens with one attached hydrogen (secondary N) is 2. The summed E-state index contributed by atoms with van der Waals surface area (Å²) in [6.07, 6.45) is 5.60. The second-order valence-electron chi connectivity index (χ2n) is 3.30. The van der Waals surface area contributed by atoms with Gasteiger partial charge in [-0.1, -0.05) is 0 Å². The van der Waals surface area contributed by atoms with Crippen LogP contribution in [0.5, 0.6) is 0 Å². The van der Waals surface area contributed by atoms with Crippen molar-refractivity contribution in [3.8, 4) is 0 Å². The summed E-state index contributed by atoms with van der Waals surface area (Å²) in [6, 6.07) is 6.12. The molecule has 0 radical (unpaired) electrons. The third-order valence-electron chi connectivity index (χ3n) is 2.02. The van der Waals surface area contributed by atoms with E-state index in [9.17, 15) is 0 Å². The van der Waals surface area contributed by atoms with E-state index >= 15 is 0 Å². The number of rotatable bonds is 3. The highest BCUT2D eigenvalue weighted by atomic mass is 14.9. The molecule has 0 unspecified atom stereocenters. The average Bonchev–Trinajstić information content (AvgIpc) is 2.67. The van der Waals surface area contributed by atoms with Crippen LogP contribution in [-0.2, 0) is 6.54 Å². The Balaban J connectivity index is 1.98. The van der Waals surface area contributed by atoms with Crippen LogP contribution in [0.25, 0.3) is 0 Å². The van der Waals surface area contributed by atoms with Gasteiger partial charge in [-0.25, -0.2) is 0 Å². The Morgan fingerprint density at radius 1 is 1.43 bits per heavy atom. The zero-order valence-corrected chi connectivity index (χ0v) is 8.12. The summed E-state index contributed by atoms with van der Waals surface area (Å²) in [4.78, 5) is 7.25. The fraction of sp³-hybridized carbons (Fsp3) is 0.182. The quantitative estimate of drug-likeness (QED) is 0.774. The molecule has 0 aliphatic rings. The van der Waals surface area contributed by atoms with Crippen molar-refractivity contribution in [2.75, 3.05) is 5.32 Å². The lowest BCUT2D eigenvalue weighted by Gasteiger charge is -2.04. The first-order chi connectivity index (χ1) is 6.84. The monoisotopic (exact) mass is 187 g/mol. The van der Waals surface area contributed by atoms with E-state index in [0.29, 0.717) is 0 Å². The molecule has 2 aromatic heterocycles. The van der Waals surface area contributed by atoms with Crippen LogP contribution < -0.4 is 5.32 Å².